The van der Waals surface area contributed by atoms with Crippen LogP contribution in [0.15, 0.2) is 40.9 Å². The lowest BCUT2D eigenvalue weighted by Crippen LogP contribution is -2.14. The minimum absolute atomic E-state index is 0.00822. The minimum atomic E-state index is -0.144. The molecule has 2 aromatic carbocycles. The Kier molecular flexibility index (Phi) is 5.72. The average Bonchev–Trinajstić information content (AvgIpc) is 2.50. The van der Waals surface area contributed by atoms with Crippen molar-refractivity contribution in [2.45, 2.75) is 33.6 Å². The number of anilines is 1. The Balaban J connectivity index is 1.96. The van der Waals surface area contributed by atoms with E-state index >= 15 is 0 Å². The molecule has 1 N–H and O–H groups in total. The molecule has 2 aromatic rings. The number of Topliss-reactive ketones (excluding diaryl/α,β-unsaturated/α-hetero) is 1. The van der Waals surface area contributed by atoms with Crippen LogP contribution < -0.4 is 5.32 Å². The first kappa shape index (κ1) is 17.4. The number of aryl methyl sites for hydroxylation is 3. The number of hydrogen-bond donors (Lipinski definition) is 1. The smallest absolute Gasteiger partial charge is 0.224 e. The summed E-state index contributed by atoms with van der Waals surface area (Å²) in [6.45, 7) is 5.80. The van der Waals surface area contributed by atoms with Crippen molar-refractivity contribution in [1.82, 2.24) is 0 Å². The third-order valence-electron chi connectivity index (χ3n) is 3.74. The quantitative estimate of drug-likeness (QED) is 0.751. The maximum atomic E-state index is 12.3. The molecule has 0 radical (unpaired) electrons. The van der Waals surface area contributed by atoms with E-state index in [4.69, 9.17) is 0 Å². The Morgan fingerprint density at radius 1 is 0.957 bits per heavy atom. The average molecular weight is 374 g/mol. The zero-order chi connectivity index (χ0) is 17.0. The van der Waals surface area contributed by atoms with Crippen LogP contribution in [0.2, 0.25) is 0 Å². The van der Waals surface area contributed by atoms with Gasteiger partial charge in [-0.25, -0.2) is 0 Å². The van der Waals surface area contributed by atoms with Crippen molar-refractivity contribution < 1.29 is 9.59 Å². The highest BCUT2D eigenvalue weighted by Gasteiger charge is 2.12. The summed E-state index contributed by atoms with van der Waals surface area (Å²) in [7, 11) is 0. The van der Waals surface area contributed by atoms with Crippen LogP contribution in [0.5, 0.6) is 0 Å². The van der Waals surface area contributed by atoms with Crippen LogP contribution in [0, 0.1) is 20.8 Å². The van der Waals surface area contributed by atoms with E-state index in [0.29, 0.717) is 5.56 Å². The summed E-state index contributed by atoms with van der Waals surface area (Å²) >= 11 is 3.39. The second kappa shape index (κ2) is 7.55. The van der Waals surface area contributed by atoms with Crippen molar-refractivity contribution in [3.63, 3.8) is 0 Å². The lowest BCUT2D eigenvalue weighted by molar-refractivity contribution is -0.116. The standard InChI is InChI=1S/C19H20BrNO2/c1-12-4-5-13(2)16(10-12)18(22)8-9-19(23)21-17-7-6-15(20)11-14(17)3/h4-7,10-11H,8-9H2,1-3H3,(H,21,23). The lowest BCUT2D eigenvalue weighted by atomic mass is 9.99. The molecule has 0 aliphatic rings. The van der Waals surface area contributed by atoms with Gasteiger partial charge in [-0.2, -0.15) is 0 Å². The SMILES string of the molecule is Cc1ccc(C)c(C(=O)CCC(=O)Nc2ccc(Br)cc2C)c1. The second-order valence-electron chi connectivity index (χ2n) is 5.75. The number of benzene rings is 2. The van der Waals surface area contributed by atoms with Gasteiger partial charge in [-0.15, -0.1) is 0 Å². The van der Waals surface area contributed by atoms with Gasteiger partial charge in [0, 0.05) is 28.6 Å². The molecule has 0 spiro atoms. The number of ketones is 1. The van der Waals surface area contributed by atoms with Gasteiger partial charge in [-0.3, -0.25) is 9.59 Å². The van der Waals surface area contributed by atoms with Crippen LogP contribution in [-0.4, -0.2) is 11.7 Å². The van der Waals surface area contributed by atoms with Gasteiger partial charge >= 0.3 is 0 Å². The number of carbonyl (C=O) groups excluding carboxylic acids is 2. The van der Waals surface area contributed by atoms with E-state index in [9.17, 15) is 9.59 Å². The van der Waals surface area contributed by atoms with Crippen LogP contribution in [0.25, 0.3) is 0 Å². The monoisotopic (exact) mass is 373 g/mol. The molecule has 0 aromatic heterocycles. The van der Waals surface area contributed by atoms with Gasteiger partial charge in [0.1, 0.15) is 0 Å². The summed E-state index contributed by atoms with van der Waals surface area (Å²) in [4.78, 5) is 24.4. The number of rotatable bonds is 5. The summed E-state index contributed by atoms with van der Waals surface area (Å²) in [6, 6.07) is 11.5. The Bertz CT molecular complexity index is 753. The van der Waals surface area contributed by atoms with Crippen LogP contribution in [0.4, 0.5) is 5.69 Å². The Labute approximate surface area is 145 Å². The topological polar surface area (TPSA) is 46.2 Å². The number of nitrogens with one attached hydrogen (secondary N) is 1. The van der Waals surface area contributed by atoms with E-state index in [-0.39, 0.29) is 24.5 Å². The highest BCUT2D eigenvalue weighted by atomic mass is 79.9. The van der Waals surface area contributed by atoms with Gasteiger partial charge in [0.15, 0.2) is 5.78 Å². The highest BCUT2D eigenvalue weighted by Crippen LogP contribution is 2.20. The first-order valence-electron chi connectivity index (χ1n) is 7.53. The summed E-state index contributed by atoms with van der Waals surface area (Å²) in [5.74, 6) is -0.136. The summed E-state index contributed by atoms with van der Waals surface area (Å²) in [5, 5.41) is 2.86. The molecule has 0 heterocycles. The van der Waals surface area contributed by atoms with Crippen LogP contribution in [0.3, 0.4) is 0 Å². The molecule has 0 fully saturated rings. The summed E-state index contributed by atoms with van der Waals surface area (Å²) in [6.07, 6.45) is 0.396. The first-order valence-corrected chi connectivity index (χ1v) is 8.32. The largest absolute Gasteiger partial charge is 0.326 e. The summed E-state index contributed by atoms with van der Waals surface area (Å²) in [5.41, 5.74) is 4.46. The van der Waals surface area contributed by atoms with Gasteiger partial charge in [-0.1, -0.05) is 33.6 Å². The van der Waals surface area contributed by atoms with Gasteiger partial charge < -0.3 is 5.32 Å². The fourth-order valence-electron chi connectivity index (χ4n) is 2.38. The maximum Gasteiger partial charge on any atom is 0.224 e. The predicted octanol–water partition coefficient (Wildman–Crippen LogP) is 4.98. The first-order chi connectivity index (χ1) is 10.9. The van der Waals surface area contributed by atoms with Crippen molar-refractivity contribution in [2.75, 3.05) is 5.32 Å². The molecular formula is C19H20BrNO2. The van der Waals surface area contributed by atoms with E-state index in [1.807, 2.05) is 57.2 Å². The van der Waals surface area contributed by atoms with Crippen LogP contribution >= 0.6 is 15.9 Å². The van der Waals surface area contributed by atoms with E-state index in [1.165, 1.54) is 0 Å². The van der Waals surface area contributed by atoms with E-state index < -0.39 is 0 Å². The molecule has 1 amide bonds. The molecule has 120 valence electrons. The second-order valence-corrected chi connectivity index (χ2v) is 6.66. The molecule has 0 saturated carbocycles. The van der Waals surface area contributed by atoms with Crippen molar-refractivity contribution in [3.8, 4) is 0 Å². The Morgan fingerprint density at radius 2 is 1.70 bits per heavy atom. The molecule has 4 heteroatoms. The van der Waals surface area contributed by atoms with Crippen molar-refractivity contribution in [1.29, 1.82) is 0 Å². The zero-order valence-electron chi connectivity index (χ0n) is 13.6. The fourth-order valence-corrected chi connectivity index (χ4v) is 2.85. The molecule has 2 rings (SSSR count). The van der Waals surface area contributed by atoms with Crippen molar-refractivity contribution in [3.05, 3.63) is 63.1 Å². The summed E-state index contributed by atoms with van der Waals surface area (Å²) < 4.78 is 0.970. The molecule has 0 saturated heterocycles. The van der Waals surface area contributed by atoms with E-state index in [1.54, 1.807) is 0 Å². The Morgan fingerprint density at radius 3 is 2.39 bits per heavy atom. The highest BCUT2D eigenvalue weighted by molar-refractivity contribution is 9.10. The lowest BCUT2D eigenvalue weighted by Gasteiger charge is -2.09. The van der Waals surface area contributed by atoms with E-state index in [2.05, 4.69) is 21.2 Å². The molecule has 3 nitrogen and oxygen atoms in total. The van der Waals surface area contributed by atoms with E-state index in [0.717, 1.165) is 26.9 Å². The number of halogens is 1. The molecule has 0 aliphatic heterocycles. The molecular weight excluding hydrogens is 354 g/mol. The number of hydrogen-bond acceptors (Lipinski definition) is 2. The third kappa shape index (κ3) is 4.76. The third-order valence-corrected chi connectivity index (χ3v) is 4.23. The molecule has 0 unspecified atom stereocenters. The van der Waals surface area contributed by atoms with Crippen molar-refractivity contribution in [2.24, 2.45) is 0 Å². The normalized spacial score (nSPS) is 10.4. The number of carbonyl (C=O) groups is 2. The van der Waals surface area contributed by atoms with Crippen molar-refractivity contribution >= 4 is 33.3 Å². The van der Waals surface area contributed by atoms with Gasteiger partial charge in [-0.05, 0) is 56.2 Å². The van der Waals surface area contributed by atoms with Gasteiger partial charge in [0.25, 0.3) is 0 Å². The molecule has 23 heavy (non-hydrogen) atoms. The zero-order valence-corrected chi connectivity index (χ0v) is 15.2. The molecule has 0 aliphatic carbocycles. The fraction of sp³-hybridized carbons (Fsp3) is 0.263. The predicted molar refractivity (Wildman–Crippen MR) is 97.0 cm³/mol. The molecule has 0 bridgehead atoms. The van der Waals surface area contributed by atoms with Gasteiger partial charge in [0.05, 0.1) is 0 Å². The number of amides is 1. The van der Waals surface area contributed by atoms with Crippen LogP contribution in [0.1, 0.15) is 39.9 Å². The van der Waals surface area contributed by atoms with Gasteiger partial charge in [0.2, 0.25) is 5.91 Å². The van der Waals surface area contributed by atoms with Crippen LogP contribution in [-0.2, 0) is 4.79 Å². The minimum Gasteiger partial charge on any atom is -0.326 e. The Hall–Kier alpha value is -1.94. The molecule has 0 atom stereocenters. The maximum absolute atomic E-state index is 12.3.